The number of nitrogens with one attached hydrogen (secondary N) is 3. The Morgan fingerprint density at radius 1 is 1.28 bits per heavy atom. The molecule has 1 aromatic carbocycles. The average molecular weight is 483 g/mol. The quantitative estimate of drug-likeness (QED) is 0.451. The van der Waals surface area contributed by atoms with Gasteiger partial charge in [0.05, 0.1) is 12.3 Å². The maximum absolute atomic E-state index is 11.9. The summed E-state index contributed by atoms with van der Waals surface area (Å²) < 4.78 is 5.62. The highest BCUT2D eigenvalue weighted by molar-refractivity contribution is 6.32. The Labute approximate surface area is 200 Å². The van der Waals surface area contributed by atoms with Crippen LogP contribution in [-0.4, -0.2) is 67.2 Å². The van der Waals surface area contributed by atoms with Crippen molar-refractivity contribution in [3.05, 3.63) is 41.0 Å². The minimum atomic E-state index is 0. The largest absolute Gasteiger partial charge is 0.376 e. The van der Waals surface area contributed by atoms with Crippen molar-refractivity contribution in [2.75, 3.05) is 51.0 Å². The smallest absolute Gasteiger partial charge is 0.229 e. The van der Waals surface area contributed by atoms with Gasteiger partial charge in [-0.15, -0.1) is 12.4 Å². The third-order valence-electron chi connectivity index (χ3n) is 5.00. The molecule has 1 atom stereocenters. The molecule has 176 valence electrons. The topological polar surface area (TPSA) is 91.4 Å². The molecule has 1 aliphatic rings. The molecule has 1 amide bonds. The third kappa shape index (κ3) is 8.78. The first-order valence-corrected chi connectivity index (χ1v) is 11.0. The molecular formula is C22H32Cl2N6O2. The summed E-state index contributed by atoms with van der Waals surface area (Å²) in [6, 6.07) is 7.91. The summed E-state index contributed by atoms with van der Waals surface area (Å²) >= 11 is 6.22. The van der Waals surface area contributed by atoms with E-state index in [0.29, 0.717) is 42.7 Å². The van der Waals surface area contributed by atoms with Gasteiger partial charge in [0, 0.05) is 38.3 Å². The van der Waals surface area contributed by atoms with Crippen LogP contribution >= 0.6 is 24.0 Å². The molecule has 2 aromatic rings. The number of amides is 1. The molecule has 3 rings (SSSR count). The number of likely N-dealkylation sites (N-methyl/N-ethyl adjacent to an activating group) is 1. The van der Waals surface area contributed by atoms with Crippen LogP contribution in [0.1, 0.15) is 24.8 Å². The van der Waals surface area contributed by atoms with E-state index in [4.69, 9.17) is 16.3 Å². The van der Waals surface area contributed by atoms with Crippen molar-refractivity contribution >= 4 is 47.4 Å². The van der Waals surface area contributed by atoms with E-state index in [1.807, 2.05) is 43.3 Å². The molecule has 1 saturated heterocycles. The number of rotatable bonds is 11. The highest BCUT2D eigenvalue weighted by atomic mass is 35.5. The van der Waals surface area contributed by atoms with E-state index < -0.39 is 0 Å². The zero-order chi connectivity index (χ0) is 22.1. The van der Waals surface area contributed by atoms with Crippen LogP contribution in [0.25, 0.3) is 0 Å². The van der Waals surface area contributed by atoms with Gasteiger partial charge in [-0.3, -0.25) is 4.79 Å². The van der Waals surface area contributed by atoms with Gasteiger partial charge >= 0.3 is 0 Å². The molecular weight excluding hydrogens is 451 g/mol. The number of anilines is 3. The van der Waals surface area contributed by atoms with E-state index in [-0.39, 0.29) is 24.4 Å². The number of hydrogen-bond donors (Lipinski definition) is 3. The van der Waals surface area contributed by atoms with Crippen molar-refractivity contribution in [3.8, 4) is 0 Å². The molecule has 0 radical (unpaired) electrons. The van der Waals surface area contributed by atoms with Crippen LogP contribution in [0.15, 0.2) is 30.5 Å². The number of halogens is 2. The van der Waals surface area contributed by atoms with Crippen molar-refractivity contribution in [1.29, 1.82) is 0 Å². The van der Waals surface area contributed by atoms with Crippen LogP contribution in [0.5, 0.6) is 0 Å². The van der Waals surface area contributed by atoms with E-state index in [1.165, 1.54) is 0 Å². The lowest BCUT2D eigenvalue weighted by molar-refractivity contribution is -0.121. The van der Waals surface area contributed by atoms with Gasteiger partial charge < -0.3 is 25.6 Å². The van der Waals surface area contributed by atoms with Crippen LogP contribution in [0.3, 0.4) is 0 Å². The van der Waals surface area contributed by atoms with E-state index in [1.54, 1.807) is 6.20 Å². The maximum Gasteiger partial charge on any atom is 0.229 e. The van der Waals surface area contributed by atoms with Crippen molar-refractivity contribution in [1.82, 2.24) is 20.2 Å². The number of carbonyl (C=O) groups is 1. The van der Waals surface area contributed by atoms with Gasteiger partial charge in [0.25, 0.3) is 0 Å². The highest BCUT2D eigenvalue weighted by Crippen LogP contribution is 2.22. The van der Waals surface area contributed by atoms with E-state index >= 15 is 0 Å². The molecule has 1 aliphatic heterocycles. The number of benzene rings is 1. The molecule has 0 saturated carbocycles. The Hall–Kier alpha value is -2.13. The van der Waals surface area contributed by atoms with Crippen molar-refractivity contribution in [2.24, 2.45) is 0 Å². The van der Waals surface area contributed by atoms with Gasteiger partial charge in [-0.1, -0.05) is 23.7 Å². The van der Waals surface area contributed by atoms with Crippen LogP contribution in [0.2, 0.25) is 5.02 Å². The SMILES string of the molecule is CN(C)CCNC(=O)CCc1ccc(Nc2ncc(Cl)c(NCC3CCCO3)n2)cc1.Cl. The molecule has 0 spiro atoms. The van der Waals surface area contributed by atoms with Gasteiger partial charge in [-0.2, -0.15) is 4.98 Å². The monoisotopic (exact) mass is 482 g/mol. The Kier molecular flexibility index (Phi) is 11.0. The fraction of sp³-hybridized carbons (Fsp3) is 0.500. The molecule has 32 heavy (non-hydrogen) atoms. The van der Waals surface area contributed by atoms with Crippen molar-refractivity contribution in [3.63, 3.8) is 0 Å². The second kappa shape index (κ2) is 13.4. The number of carbonyl (C=O) groups excluding carboxylic acids is 1. The lowest BCUT2D eigenvalue weighted by Crippen LogP contribution is -2.31. The zero-order valence-corrected chi connectivity index (χ0v) is 20.1. The normalized spacial score (nSPS) is 15.3. The number of ether oxygens (including phenoxy) is 1. The van der Waals surface area contributed by atoms with E-state index in [2.05, 4.69) is 25.9 Å². The van der Waals surface area contributed by atoms with Gasteiger partial charge in [0.2, 0.25) is 11.9 Å². The molecule has 0 bridgehead atoms. The molecule has 10 heteroatoms. The van der Waals surface area contributed by atoms with Gasteiger partial charge in [-0.25, -0.2) is 4.98 Å². The number of aryl methyl sites for hydroxylation is 1. The van der Waals surface area contributed by atoms with Crippen molar-refractivity contribution < 1.29 is 9.53 Å². The summed E-state index contributed by atoms with van der Waals surface area (Å²) in [6.45, 7) is 2.99. The Balaban J connectivity index is 0.00000363. The molecule has 2 heterocycles. The Morgan fingerprint density at radius 3 is 2.75 bits per heavy atom. The molecule has 0 aliphatic carbocycles. The molecule has 1 fully saturated rings. The zero-order valence-electron chi connectivity index (χ0n) is 18.6. The number of aromatic nitrogens is 2. The molecule has 8 nitrogen and oxygen atoms in total. The number of nitrogens with zero attached hydrogens (tertiary/aromatic N) is 3. The van der Waals surface area contributed by atoms with Gasteiger partial charge in [0.1, 0.15) is 5.02 Å². The molecule has 1 aromatic heterocycles. The second-order valence-electron chi connectivity index (χ2n) is 7.88. The van der Waals surface area contributed by atoms with Crippen LogP contribution in [0.4, 0.5) is 17.5 Å². The van der Waals surface area contributed by atoms with Crippen LogP contribution in [0, 0.1) is 0 Å². The second-order valence-corrected chi connectivity index (χ2v) is 8.29. The van der Waals surface area contributed by atoms with Crippen LogP contribution in [-0.2, 0) is 16.0 Å². The van der Waals surface area contributed by atoms with Crippen molar-refractivity contribution in [2.45, 2.75) is 31.8 Å². The maximum atomic E-state index is 11.9. The first-order chi connectivity index (χ1) is 15.0. The van der Waals surface area contributed by atoms with Gasteiger partial charge in [-0.05, 0) is 51.1 Å². The first kappa shape index (κ1) is 26.1. The summed E-state index contributed by atoms with van der Waals surface area (Å²) in [4.78, 5) is 22.7. The summed E-state index contributed by atoms with van der Waals surface area (Å²) in [5.74, 6) is 1.13. The highest BCUT2D eigenvalue weighted by Gasteiger charge is 2.16. The minimum Gasteiger partial charge on any atom is -0.376 e. The summed E-state index contributed by atoms with van der Waals surface area (Å²) in [5, 5.41) is 9.85. The molecule has 1 unspecified atom stereocenters. The van der Waals surface area contributed by atoms with E-state index in [0.717, 1.165) is 37.2 Å². The Bertz CT molecular complexity index is 845. The predicted molar refractivity (Wildman–Crippen MR) is 131 cm³/mol. The summed E-state index contributed by atoms with van der Waals surface area (Å²) in [5.41, 5.74) is 1.97. The fourth-order valence-electron chi connectivity index (χ4n) is 3.22. The fourth-order valence-corrected chi connectivity index (χ4v) is 3.37. The van der Waals surface area contributed by atoms with E-state index in [9.17, 15) is 4.79 Å². The first-order valence-electron chi connectivity index (χ1n) is 10.6. The molecule has 3 N–H and O–H groups in total. The standard InChI is InChI=1S/C22H31ClN6O2.ClH/c1-29(2)12-11-24-20(30)10-7-16-5-8-17(9-6-16)27-22-26-15-19(23)21(28-22)25-14-18-4-3-13-31-18;/h5-6,8-9,15,18H,3-4,7,10-14H2,1-2H3,(H,24,30)(H2,25,26,27,28);1H. The van der Waals surface area contributed by atoms with Gasteiger partial charge in [0.15, 0.2) is 5.82 Å². The minimum absolute atomic E-state index is 0. The average Bonchev–Trinajstić information content (AvgIpc) is 3.27. The third-order valence-corrected chi connectivity index (χ3v) is 5.27. The summed E-state index contributed by atoms with van der Waals surface area (Å²) in [6.07, 6.45) is 5.09. The summed E-state index contributed by atoms with van der Waals surface area (Å²) in [7, 11) is 3.97. The van der Waals surface area contributed by atoms with Crippen LogP contribution < -0.4 is 16.0 Å². The predicted octanol–water partition coefficient (Wildman–Crippen LogP) is 3.50. The number of hydrogen-bond acceptors (Lipinski definition) is 7. The lowest BCUT2D eigenvalue weighted by Gasteiger charge is -2.13. The Morgan fingerprint density at radius 2 is 2.06 bits per heavy atom. The lowest BCUT2D eigenvalue weighted by atomic mass is 10.1.